The number of hydrogen-bond donors (Lipinski definition) is 1. The van der Waals surface area contributed by atoms with Crippen molar-refractivity contribution in [1.82, 2.24) is 5.32 Å². The first kappa shape index (κ1) is 8.62. The van der Waals surface area contributed by atoms with Gasteiger partial charge in [-0.1, -0.05) is 6.92 Å². The molecule has 0 aromatic carbocycles. The van der Waals surface area contributed by atoms with Crippen molar-refractivity contribution < 1.29 is 0 Å². The maximum atomic E-state index is 5.15. The Labute approximate surface area is 69.6 Å². The summed E-state index contributed by atoms with van der Waals surface area (Å²) in [4.78, 5) is 0. The molecule has 11 heavy (non-hydrogen) atoms. The van der Waals surface area contributed by atoms with Crippen LogP contribution in [0.2, 0.25) is 0 Å². The van der Waals surface area contributed by atoms with Gasteiger partial charge in [-0.25, -0.2) is 0 Å². The van der Waals surface area contributed by atoms with Crippen LogP contribution in [-0.2, 0) is 0 Å². The summed E-state index contributed by atoms with van der Waals surface area (Å²) < 4.78 is 0. The van der Waals surface area contributed by atoms with E-state index >= 15 is 0 Å². The summed E-state index contributed by atoms with van der Waals surface area (Å²) in [5.74, 6) is 2.63. The fourth-order valence-corrected chi connectivity index (χ4v) is 1.24. The van der Waals surface area contributed by atoms with Crippen LogP contribution >= 0.6 is 0 Å². The molecule has 0 radical (unpaired) electrons. The highest BCUT2D eigenvalue weighted by Gasteiger charge is 2.41. The van der Waals surface area contributed by atoms with Gasteiger partial charge >= 0.3 is 0 Å². The minimum atomic E-state index is 0.578. The van der Waals surface area contributed by atoms with E-state index in [0.717, 1.165) is 13.0 Å². The first-order valence-electron chi connectivity index (χ1n) is 4.36. The van der Waals surface area contributed by atoms with Crippen LogP contribution in [0, 0.1) is 17.8 Å². The zero-order valence-corrected chi connectivity index (χ0v) is 7.48. The summed E-state index contributed by atoms with van der Waals surface area (Å²) in [6.45, 7) is 5.55. The van der Waals surface area contributed by atoms with E-state index in [1.54, 1.807) is 0 Å². The van der Waals surface area contributed by atoms with Crippen molar-refractivity contribution in [3.8, 4) is 12.3 Å². The van der Waals surface area contributed by atoms with E-state index < -0.39 is 0 Å². The normalized spacial score (nSPS) is 22.3. The molecule has 1 heteroatoms. The third-order valence-electron chi connectivity index (χ3n) is 2.80. The number of terminal acetylenes is 1. The van der Waals surface area contributed by atoms with Gasteiger partial charge in [0.2, 0.25) is 0 Å². The molecule has 1 fully saturated rings. The molecule has 0 aromatic rings. The second-order valence-electron chi connectivity index (χ2n) is 3.78. The van der Waals surface area contributed by atoms with Crippen molar-refractivity contribution in [3.63, 3.8) is 0 Å². The van der Waals surface area contributed by atoms with Crippen LogP contribution in [-0.4, -0.2) is 12.6 Å². The molecular weight excluding hydrogens is 134 g/mol. The molecule has 1 aliphatic carbocycles. The Balaban J connectivity index is 2.12. The molecular formula is C10H17N. The average molecular weight is 151 g/mol. The number of rotatable bonds is 4. The molecule has 62 valence electrons. The number of nitrogens with one attached hydrogen (secondary N) is 1. The van der Waals surface area contributed by atoms with Gasteiger partial charge in [0.05, 0.1) is 0 Å². The first-order chi connectivity index (χ1) is 5.19. The number of hydrogen-bond acceptors (Lipinski definition) is 1. The molecule has 0 aromatic heterocycles. The SMILES string of the molecule is C#CCCNC(C)C1(C)CC1. The van der Waals surface area contributed by atoms with E-state index in [4.69, 9.17) is 6.42 Å². The summed E-state index contributed by atoms with van der Waals surface area (Å²) in [5, 5.41) is 3.44. The van der Waals surface area contributed by atoms with E-state index in [9.17, 15) is 0 Å². The van der Waals surface area contributed by atoms with Gasteiger partial charge in [-0.15, -0.1) is 12.3 Å². The lowest BCUT2D eigenvalue weighted by Gasteiger charge is -2.19. The summed E-state index contributed by atoms with van der Waals surface area (Å²) >= 11 is 0. The topological polar surface area (TPSA) is 12.0 Å². The molecule has 0 bridgehead atoms. The quantitative estimate of drug-likeness (QED) is 0.477. The Morgan fingerprint density at radius 2 is 2.27 bits per heavy atom. The molecule has 1 aliphatic rings. The average Bonchev–Trinajstić information content (AvgIpc) is 2.70. The molecule has 1 nitrogen and oxygen atoms in total. The van der Waals surface area contributed by atoms with Crippen molar-refractivity contribution in [2.24, 2.45) is 5.41 Å². The van der Waals surface area contributed by atoms with Crippen LogP contribution in [0.4, 0.5) is 0 Å². The van der Waals surface area contributed by atoms with Crippen LogP contribution in [0.15, 0.2) is 0 Å². The third kappa shape index (κ3) is 2.24. The van der Waals surface area contributed by atoms with Crippen LogP contribution in [0.1, 0.15) is 33.1 Å². The molecule has 1 unspecified atom stereocenters. The predicted molar refractivity (Wildman–Crippen MR) is 48.3 cm³/mol. The van der Waals surface area contributed by atoms with Crippen LogP contribution in [0.3, 0.4) is 0 Å². The van der Waals surface area contributed by atoms with Crippen molar-refractivity contribution >= 4 is 0 Å². The van der Waals surface area contributed by atoms with E-state index in [-0.39, 0.29) is 0 Å². The monoisotopic (exact) mass is 151 g/mol. The predicted octanol–water partition coefficient (Wildman–Crippen LogP) is 1.79. The molecule has 0 aliphatic heterocycles. The summed E-state index contributed by atoms with van der Waals surface area (Å²) in [7, 11) is 0. The molecule has 0 saturated heterocycles. The maximum Gasteiger partial charge on any atom is 0.0212 e. The maximum absolute atomic E-state index is 5.15. The smallest absolute Gasteiger partial charge is 0.0212 e. The van der Waals surface area contributed by atoms with Gasteiger partial charge in [0, 0.05) is 19.0 Å². The minimum Gasteiger partial charge on any atom is -0.313 e. The van der Waals surface area contributed by atoms with Gasteiger partial charge in [-0.2, -0.15) is 0 Å². The van der Waals surface area contributed by atoms with E-state index in [0.29, 0.717) is 11.5 Å². The highest BCUT2D eigenvalue weighted by molar-refractivity contribution is 4.97. The lowest BCUT2D eigenvalue weighted by molar-refractivity contribution is 0.385. The zero-order chi connectivity index (χ0) is 8.32. The lowest BCUT2D eigenvalue weighted by atomic mass is 10.0. The molecule has 1 saturated carbocycles. The van der Waals surface area contributed by atoms with Gasteiger partial charge < -0.3 is 5.32 Å². The lowest BCUT2D eigenvalue weighted by Crippen LogP contribution is -2.33. The second-order valence-corrected chi connectivity index (χ2v) is 3.78. The van der Waals surface area contributed by atoms with Crippen molar-refractivity contribution in [3.05, 3.63) is 0 Å². The minimum absolute atomic E-state index is 0.578. The fourth-order valence-electron chi connectivity index (χ4n) is 1.24. The molecule has 1 N–H and O–H groups in total. The van der Waals surface area contributed by atoms with Gasteiger partial charge in [-0.05, 0) is 25.2 Å². The fraction of sp³-hybridized carbons (Fsp3) is 0.800. The Hall–Kier alpha value is -0.480. The Kier molecular flexibility index (Phi) is 2.57. The summed E-state index contributed by atoms with van der Waals surface area (Å²) in [6, 6.07) is 0.635. The standard InChI is InChI=1S/C10H17N/c1-4-5-8-11-9(2)10(3)6-7-10/h1,9,11H,5-8H2,2-3H3. The van der Waals surface area contributed by atoms with E-state index in [1.165, 1.54) is 12.8 Å². The van der Waals surface area contributed by atoms with Gasteiger partial charge in [0.15, 0.2) is 0 Å². The van der Waals surface area contributed by atoms with Crippen molar-refractivity contribution in [2.75, 3.05) is 6.54 Å². The van der Waals surface area contributed by atoms with E-state index in [2.05, 4.69) is 25.1 Å². The van der Waals surface area contributed by atoms with Gasteiger partial charge in [0.25, 0.3) is 0 Å². The summed E-state index contributed by atoms with van der Waals surface area (Å²) in [6.07, 6.45) is 8.74. The van der Waals surface area contributed by atoms with Gasteiger partial charge in [-0.3, -0.25) is 0 Å². The van der Waals surface area contributed by atoms with Crippen molar-refractivity contribution in [1.29, 1.82) is 0 Å². The zero-order valence-electron chi connectivity index (χ0n) is 7.48. The van der Waals surface area contributed by atoms with Crippen LogP contribution < -0.4 is 5.32 Å². The Bertz CT molecular complexity index is 162. The van der Waals surface area contributed by atoms with Crippen LogP contribution in [0.5, 0.6) is 0 Å². The first-order valence-corrected chi connectivity index (χ1v) is 4.36. The third-order valence-corrected chi connectivity index (χ3v) is 2.80. The Morgan fingerprint density at radius 3 is 2.73 bits per heavy atom. The molecule has 0 spiro atoms. The highest BCUT2D eigenvalue weighted by Crippen LogP contribution is 2.47. The molecule has 0 amide bonds. The molecule has 0 heterocycles. The largest absolute Gasteiger partial charge is 0.313 e. The van der Waals surface area contributed by atoms with E-state index in [1.807, 2.05) is 0 Å². The second kappa shape index (κ2) is 3.28. The van der Waals surface area contributed by atoms with Gasteiger partial charge in [0.1, 0.15) is 0 Å². The van der Waals surface area contributed by atoms with Crippen molar-refractivity contribution in [2.45, 2.75) is 39.2 Å². The van der Waals surface area contributed by atoms with Crippen LogP contribution in [0.25, 0.3) is 0 Å². The molecule has 1 rings (SSSR count). The summed E-state index contributed by atoms with van der Waals surface area (Å²) in [5.41, 5.74) is 0.578. The molecule has 1 atom stereocenters. The highest BCUT2D eigenvalue weighted by atomic mass is 14.9. The Morgan fingerprint density at radius 1 is 1.64 bits per heavy atom.